The molecule has 1 unspecified atom stereocenters. The summed E-state index contributed by atoms with van der Waals surface area (Å²) in [5.74, 6) is -1.05. The van der Waals surface area contributed by atoms with Crippen LogP contribution in [0.5, 0.6) is 0 Å². The Morgan fingerprint density at radius 1 is 1.15 bits per heavy atom. The van der Waals surface area contributed by atoms with E-state index in [9.17, 15) is 14.0 Å². The number of amides is 2. The molecule has 27 heavy (non-hydrogen) atoms. The molecule has 2 amide bonds. The minimum absolute atomic E-state index is 0.109. The van der Waals surface area contributed by atoms with Gasteiger partial charge in [-0.15, -0.1) is 6.58 Å². The lowest BCUT2D eigenvalue weighted by Gasteiger charge is -2.25. The van der Waals surface area contributed by atoms with Crippen LogP contribution in [0.25, 0.3) is 6.08 Å². The summed E-state index contributed by atoms with van der Waals surface area (Å²) in [7, 11) is 0. The standard InChI is InChI=1S/C22H23FN2O2/c1-3-15-25(16-19-11-7-8-12-20(19)23)22(27)17(2)24-21(26)14-13-18-9-5-4-6-10-18/h3-14,17H,1,15-16H2,2H3,(H,24,26)/b14-13+. The van der Waals surface area contributed by atoms with E-state index in [2.05, 4.69) is 11.9 Å². The van der Waals surface area contributed by atoms with Crippen LogP contribution < -0.4 is 5.32 Å². The molecule has 140 valence electrons. The Morgan fingerprint density at radius 3 is 2.48 bits per heavy atom. The van der Waals surface area contributed by atoms with Crippen LogP contribution in [-0.4, -0.2) is 29.3 Å². The van der Waals surface area contributed by atoms with Crippen LogP contribution >= 0.6 is 0 Å². The quantitative estimate of drug-likeness (QED) is 0.574. The highest BCUT2D eigenvalue weighted by molar-refractivity contribution is 5.95. The molecule has 4 nitrogen and oxygen atoms in total. The van der Waals surface area contributed by atoms with Crippen molar-refractivity contribution < 1.29 is 14.0 Å². The third-order valence-corrected chi connectivity index (χ3v) is 3.94. The Bertz CT molecular complexity index is 818. The number of nitrogens with one attached hydrogen (secondary N) is 1. The van der Waals surface area contributed by atoms with Crippen LogP contribution in [0.4, 0.5) is 4.39 Å². The van der Waals surface area contributed by atoms with Crippen molar-refractivity contribution in [2.75, 3.05) is 6.54 Å². The summed E-state index contributed by atoms with van der Waals surface area (Å²) in [5, 5.41) is 2.64. The van der Waals surface area contributed by atoms with Gasteiger partial charge in [0.05, 0.1) is 0 Å². The fraction of sp³-hybridized carbons (Fsp3) is 0.182. The van der Waals surface area contributed by atoms with Crippen LogP contribution in [0.2, 0.25) is 0 Å². The van der Waals surface area contributed by atoms with Crippen molar-refractivity contribution in [2.45, 2.75) is 19.5 Å². The number of nitrogens with zero attached hydrogens (tertiary/aromatic N) is 1. The third kappa shape index (κ3) is 6.22. The molecule has 5 heteroatoms. The fourth-order valence-electron chi connectivity index (χ4n) is 2.55. The van der Waals surface area contributed by atoms with E-state index in [1.54, 1.807) is 37.3 Å². The molecule has 1 N–H and O–H groups in total. The van der Waals surface area contributed by atoms with Crippen molar-refractivity contribution in [3.05, 3.63) is 90.3 Å². The van der Waals surface area contributed by atoms with E-state index in [0.29, 0.717) is 5.56 Å². The second-order valence-corrected chi connectivity index (χ2v) is 6.07. The van der Waals surface area contributed by atoms with E-state index >= 15 is 0 Å². The van der Waals surface area contributed by atoms with Crippen LogP contribution in [0.3, 0.4) is 0 Å². The highest BCUT2D eigenvalue weighted by Gasteiger charge is 2.21. The van der Waals surface area contributed by atoms with Crippen molar-refractivity contribution in [2.24, 2.45) is 0 Å². The molecule has 0 saturated heterocycles. The van der Waals surface area contributed by atoms with Crippen molar-refractivity contribution in [3.63, 3.8) is 0 Å². The smallest absolute Gasteiger partial charge is 0.245 e. The zero-order valence-corrected chi connectivity index (χ0v) is 15.3. The molecule has 2 rings (SSSR count). The third-order valence-electron chi connectivity index (χ3n) is 3.94. The lowest BCUT2D eigenvalue weighted by Crippen LogP contribution is -2.46. The average molecular weight is 366 g/mol. The topological polar surface area (TPSA) is 49.4 Å². The number of rotatable bonds is 8. The van der Waals surface area contributed by atoms with E-state index in [0.717, 1.165) is 5.56 Å². The molecule has 0 aliphatic carbocycles. The number of hydrogen-bond donors (Lipinski definition) is 1. The van der Waals surface area contributed by atoms with Crippen LogP contribution in [0.1, 0.15) is 18.1 Å². The fourth-order valence-corrected chi connectivity index (χ4v) is 2.55. The predicted octanol–water partition coefficient (Wildman–Crippen LogP) is 3.56. The summed E-state index contributed by atoms with van der Waals surface area (Å²) in [5.41, 5.74) is 1.30. The first kappa shape index (κ1) is 20.1. The van der Waals surface area contributed by atoms with Gasteiger partial charge in [-0.25, -0.2) is 4.39 Å². The van der Waals surface area contributed by atoms with Gasteiger partial charge in [0.25, 0.3) is 0 Å². The van der Waals surface area contributed by atoms with Crippen LogP contribution in [-0.2, 0) is 16.1 Å². The molecule has 0 aliphatic rings. The summed E-state index contributed by atoms with van der Waals surface area (Å²) in [6.07, 6.45) is 4.63. The first-order valence-electron chi connectivity index (χ1n) is 8.68. The lowest BCUT2D eigenvalue weighted by atomic mass is 10.1. The molecule has 2 aromatic rings. The number of hydrogen-bond acceptors (Lipinski definition) is 2. The van der Waals surface area contributed by atoms with Crippen LogP contribution in [0.15, 0.2) is 73.3 Å². The van der Waals surface area contributed by atoms with E-state index in [1.807, 2.05) is 30.3 Å². The maximum absolute atomic E-state index is 13.9. The van der Waals surface area contributed by atoms with E-state index in [1.165, 1.54) is 17.0 Å². The highest BCUT2D eigenvalue weighted by Crippen LogP contribution is 2.11. The molecular formula is C22H23FN2O2. The van der Waals surface area contributed by atoms with Gasteiger partial charge in [-0.2, -0.15) is 0 Å². The van der Waals surface area contributed by atoms with Crippen molar-refractivity contribution >= 4 is 17.9 Å². The Kier molecular flexibility index (Phi) is 7.49. The molecule has 0 heterocycles. The Balaban J connectivity index is 1.99. The zero-order valence-electron chi connectivity index (χ0n) is 15.3. The zero-order chi connectivity index (χ0) is 19.6. The molecule has 0 spiro atoms. The van der Waals surface area contributed by atoms with Gasteiger partial charge in [0.15, 0.2) is 0 Å². The van der Waals surface area contributed by atoms with E-state index in [-0.39, 0.29) is 30.7 Å². The second-order valence-electron chi connectivity index (χ2n) is 6.07. The molecule has 0 bridgehead atoms. The molecule has 0 saturated carbocycles. The van der Waals surface area contributed by atoms with Crippen LogP contribution in [0, 0.1) is 5.82 Å². The Labute approximate surface area is 159 Å². The van der Waals surface area contributed by atoms with Gasteiger partial charge in [0.1, 0.15) is 11.9 Å². The van der Waals surface area contributed by atoms with Crippen molar-refractivity contribution in [1.29, 1.82) is 0 Å². The van der Waals surface area contributed by atoms with Gasteiger partial charge in [-0.1, -0.05) is 54.6 Å². The SMILES string of the molecule is C=CCN(Cc1ccccc1F)C(=O)C(C)NC(=O)/C=C/c1ccccc1. The summed E-state index contributed by atoms with van der Waals surface area (Å²) >= 11 is 0. The minimum Gasteiger partial charge on any atom is -0.341 e. The summed E-state index contributed by atoms with van der Waals surface area (Å²) in [6, 6.07) is 14.9. The lowest BCUT2D eigenvalue weighted by molar-refractivity contribution is -0.135. The first-order chi connectivity index (χ1) is 13.0. The van der Waals surface area contributed by atoms with Gasteiger partial charge in [0, 0.05) is 24.7 Å². The van der Waals surface area contributed by atoms with Gasteiger partial charge in [-0.3, -0.25) is 9.59 Å². The van der Waals surface area contributed by atoms with E-state index < -0.39 is 6.04 Å². The Morgan fingerprint density at radius 2 is 1.81 bits per heavy atom. The molecule has 0 radical (unpaired) electrons. The van der Waals surface area contributed by atoms with Crippen molar-refractivity contribution in [3.8, 4) is 0 Å². The predicted molar refractivity (Wildman–Crippen MR) is 105 cm³/mol. The molecule has 2 aromatic carbocycles. The average Bonchev–Trinajstić information content (AvgIpc) is 2.68. The molecule has 1 atom stereocenters. The largest absolute Gasteiger partial charge is 0.341 e. The van der Waals surface area contributed by atoms with Gasteiger partial charge >= 0.3 is 0 Å². The maximum atomic E-state index is 13.9. The number of carbonyl (C=O) groups is 2. The molecule has 0 fully saturated rings. The first-order valence-corrected chi connectivity index (χ1v) is 8.68. The van der Waals surface area contributed by atoms with Gasteiger partial charge < -0.3 is 10.2 Å². The molecule has 0 aromatic heterocycles. The molecule has 0 aliphatic heterocycles. The number of benzene rings is 2. The van der Waals surface area contributed by atoms with Gasteiger partial charge in [0.2, 0.25) is 11.8 Å². The Hall–Kier alpha value is -3.21. The van der Waals surface area contributed by atoms with Gasteiger partial charge in [-0.05, 0) is 24.6 Å². The number of carbonyl (C=O) groups excluding carboxylic acids is 2. The number of halogens is 1. The summed E-state index contributed by atoms with van der Waals surface area (Å²) in [4.78, 5) is 26.2. The molecular weight excluding hydrogens is 343 g/mol. The summed E-state index contributed by atoms with van der Waals surface area (Å²) < 4.78 is 13.9. The highest BCUT2D eigenvalue weighted by atomic mass is 19.1. The maximum Gasteiger partial charge on any atom is 0.245 e. The van der Waals surface area contributed by atoms with E-state index in [4.69, 9.17) is 0 Å². The minimum atomic E-state index is -0.746. The monoisotopic (exact) mass is 366 g/mol. The summed E-state index contributed by atoms with van der Waals surface area (Å²) in [6.45, 7) is 5.62. The second kappa shape index (κ2) is 10.1. The van der Waals surface area contributed by atoms with Crippen molar-refractivity contribution in [1.82, 2.24) is 10.2 Å². The normalized spacial score (nSPS) is 11.8.